The molecular formula is C33H35FN2O. The number of hydrogen-bond acceptors (Lipinski definition) is 2. The van der Waals surface area contributed by atoms with Gasteiger partial charge in [-0.25, -0.2) is 4.39 Å². The van der Waals surface area contributed by atoms with Crippen LogP contribution in [-0.2, 0) is 12.0 Å². The lowest BCUT2D eigenvalue weighted by Gasteiger charge is -2.56. The molecule has 0 N–H and O–H groups in total. The second-order valence-corrected chi connectivity index (χ2v) is 11.3. The summed E-state index contributed by atoms with van der Waals surface area (Å²) in [4.78, 5) is 18.7. The fraction of sp³-hybridized carbons (Fsp3) is 0.364. The number of hydrogen-bond donors (Lipinski definition) is 0. The molecule has 3 aromatic rings. The zero-order chi connectivity index (χ0) is 25.8. The van der Waals surface area contributed by atoms with E-state index in [4.69, 9.17) is 0 Å². The Morgan fingerprint density at radius 2 is 1.65 bits per heavy atom. The summed E-state index contributed by atoms with van der Waals surface area (Å²) >= 11 is 0. The van der Waals surface area contributed by atoms with E-state index in [0.717, 1.165) is 61.8 Å². The minimum atomic E-state index is -0.321. The van der Waals surface area contributed by atoms with E-state index in [1.54, 1.807) is 6.07 Å². The lowest BCUT2D eigenvalue weighted by atomic mass is 9.63. The van der Waals surface area contributed by atoms with Crippen LogP contribution >= 0.6 is 0 Å². The van der Waals surface area contributed by atoms with Gasteiger partial charge in [-0.05, 0) is 111 Å². The molecule has 0 radical (unpaired) electrons. The van der Waals surface area contributed by atoms with Gasteiger partial charge in [0.2, 0.25) is 0 Å². The van der Waals surface area contributed by atoms with Gasteiger partial charge < -0.3 is 4.90 Å². The smallest absolute Gasteiger partial charge is 0.254 e. The summed E-state index contributed by atoms with van der Waals surface area (Å²) in [5.74, 6) is -0.0482. The predicted molar refractivity (Wildman–Crippen MR) is 147 cm³/mol. The van der Waals surface area contributed by atoms with Crippen molar-refractivity contribution < 1.29 is 9.18 Å². The Bertz CT molecular complexity index is 1400. The Labute approximate surface area is 219 Å². The molecular weight excluding hydrogens is 459 g/mol. The lowest BCUT2D eigenvalue weighted by molar-refractivity contribution is 0.00711. The maximum Gasteiger partial charge on any atom is 0.254 e. The van der Waals surface area contributed by atoms with Crippen molar-refractivity contribution in [3.63, 3.8) is 0 Å². The number of carbonyl (C=O) groups is 1. The summed E-state index contributed by atoms with van der Waals surface area (Å²) in [5, 5.41) is 0. The first-order valence-corrected chi connectivity index (χ1v) is 13.5. The van der Waals surface area contributed by atoms with Crippen LogP contribution in [0.1, 0.15) is 64.7 Å². The molecule has 0 aromatic heterocycles. The molecule has 37 heavy (non-hydrogen) atoms. The van der Waals surface area contributed by atoms with E-state index in [-0.39, 0.29) is 22.8 Å². The molecule has 1 aliphatic heterocycles. The second kappa shape index (κ2) is 8.95. The Morgan fingerprint density at radius 3 is 2.38 bits per heavy atom. The quantitative estimate of drug-likeness (QED) is 0.402. The van der Waals surface area contributed by atoms with Crippen LogP contribution < -0.4 is 0 Å². The molecule has 1 fully saturated rings. The van der Waals surface area contributed by atoms with Crippen molar-refractivity contribution in [2.45, 2.75) is 56.5 Å². The molecule has 4 heteroatoms. The van der Waals surface area contributed by atoms with Crippen molar-refractivity contribution >= 4 is 11.5 Å². The van der Waals surface area contributed by atoms with Gasteiger partial charge in [-0.2, -0.15) is 0 Å². The average Bonchev–Trinajstić information content (AvgIpc) is 3.29. The van der Waals surface area contributed by atoms with E-state index in [2.05, 4.69) is 54.2 Å². The lowest BCUT2D eigenvalue weighted by Crippen LogP contribution is -2.60. The Morgan fingerprint density at radius 1 is 0.919 bits per heavy atom. The Hall–Kier alpha value is -3.24. The highest BCUT2D eigenvalue weighted by atomic mass is 19.1. The molecule has 1 spiro atoms. The van der Waals surface area contributed by atoms with Crippen LogP contribution in [0.4, 0.5) is 4.39 Å². The van der Waals surface area contributed by atoms with Crippen molar-refractivity contribution in [1.82, 2.24) is 9.80 Å². The van der Waals surface area contributed by atoms with Crippen molar-refractivity contribution in [3.05, 3.63) is 112 Å². The van der Waals surface area contributed by atoms with Crippen molar-refractivity contribution in [3.8, 4) is 0 Å². The van der Waals surface area contributed by atoms with E-state index in [1.165, 1.54) is 28.3 Å². The van der Waals surface area contributed by atoms with E-state index >= 15 is 0 Å². The summed E-state index contributed by atoms with van der Waals surface area (Å²) in [6.07, 6.45) is 5.28. The van der Waals surface area contributed by atoms with Gasteiger partial charge in [0, 0.05) is 17.6 Å². The molecule has 1 heterocycles. The molecule has 1 saturated carbocycles. The molecule has 0 saturated heterocycles. The van der Waals surface area contributed by atoms with Crippen LogP contribution in [0, 0.1) is 12.7 Å². The molecule has 6 rings (SSSR count). The van der Waals surface area contributed by atoms with Gasteiger partial charge in [-0.15, -0.1) is 0 Å². The van der Waals surface area contributed by atoms with Crippen molar-refractivity contribution in [2.24, 2.45) is 0 Å². The first kappa shape index (κ1) is 24.1. The zero-order valence-electron chi connectivity index (χ0n) is 22.1. The van der Waals surface area contributed by atoms with Gasteiger partial charge >= 0.3 is 0 Å². The Kier molecular flexibility index (Phi) is 5.83. The highest BCUT2D eigenvalue weighted by Crippen LogP contribution is 2.55. The fourth-order valence-corrected chi connectivity index (χ4v) is 7.44. The van der Waals surface area contributed by atoms with Gasteiger partial charge in [0.25, 0.3) is 5.91 Å². The SMILES string of the molecule is Cc1ccccc1C(=O)N1CCC2=C(Cc3ccccc32)C12CCC(c1cccc(F)c1)(N(C)C)CC2. The number of amides is 1. The van der Waals surface area contributed by atoms with Crippen molar-refractivity contribution in [2.75, 3.05) is 20.6 Å². The maximum atomic E-state index is 14.3. The summed E-state index contributed by atoms with van der Waals surface area (Å²) in [7, 11) is 4.21. The number of nitrogens with zero attached hydrogens (tertiary/aromatic N) is 2. The summed E-state index contributed by atoms with van der Waals surface area (Å²) in [6.45, 7) is 2.76. The molecule has 3 aromatic carbocycles. The second-order valence-electron chi connectivity index (χ2n) is 11.3. The molecule has 1 amide bonds. The van der Waals surface area contributed by atoms with Crippen LogP contribution in [-0.4, -0.2) is 41.9 Å². The normalized spacial score (nSPS) is 24.9. The van der Waals surface area contributed by atoms with Crippen LogP contribution in [0.5, 0.6) is 0 Å². The first-order chi connectivity index (χ1) is 17.9. The Balaban J connectivity index is 1.44. The molecule has 3 nitrogen and oxygen atoms in total. The highest BCUT2D eigenvalue weighted by Gasteiger charge is 2.54. The van der Waals surface area contributed by atoms with Gasteiger partial charge in [0.05, 0.1) is 5.54 Å². The summed E-state index contributed by atoms with van der Waals surface area (Å²) < 4.78 is 14.3. The first-order valence-electron chi connectivity index (χ1n) is 13.5. The largest absolute Gasteiger partial charge is 0.329 e. The average molecular weight is 495 g/mol. The topological polar surface area (TPSA) is 23.6 Å². The minimum absolute atomic E-state index is 0.142. The van der Waals surface area contributed by atoms with Crippen LogP contribution in [0.15, 0.2) is 78.4 Å². The van der Waals surface area contributed by atoms with Gasteiger partial charge in [0.15, 0.2) is 0 Å². The summed E-state index contributed by atoms with van der Waals surface area (Å²) in [5.41, 5.74) is 7.92. The number of aryl methyl sites for hydroxylation is 1. The molecule has 0 atom stereocenters. The van der Waals surface area contributed by atoms with Gasteiger partial charge in [-0.3, -0.25) is 9.69 Å². The van der Waals surface area contributed by atoms with Crippen LogP contribution in [0.3, 0.4) is 0 Å². The molecule has 2 aliphatic carbocycles. The third kappa shape index (κ3) is 3.68. The highest BCUT2D eigenvalue weighted by molar-refractivity contribution is 5.97. The number of benzene rings is 3. The van der Waals surface area contributed by atoms with E-state index in [1.807, 2.05) is 37.3 Å². The third-order valence-corrected chi connectivity index (χ3v) is 9.48. The number of halogens is 1. The van der Waals surface area contributed by atoms with E-state index < -0.39 is 0 Å². The zero-order valence-corrected chi connectivity index (χ0v) is 22.1. The third-order valence-electron chi connectivity index (χ3n) is 9.48. The predicted octanol–water partition coefficient (Wildman–Crippen LogP) is 6.76. The molecule has 0 unspecified atom stereocenters. The van der Waals surface area contributed by atoms with E-state index in [9.17, 15) is 9.18 Å². The maximum absolute atomic E-state index is 14.3. The van der Waals surface area contributed by atoms with Crippen LogP contribution in [0.2, 0.25) is 0 Å². The van der Waals surface area contributed by atoms with Crippen molar-refractivity contribution in [1.29, 1.82) is 0 Å². The summed E-state index contributed by atoms with van der Waals surface area (Å²) in [6, 6.07) is 23.8. The van der Waals surface area contributed by atoms with Crippen LogP contribution in [0.25, 0.3) is 5.57 Å². The fourth-order valence-electron chi connectivity index (χ4n) is 7.44. The molecule has 3 aliphatic rings. The minimum Gasteiger partial charge on any atom is -0.329 e. The molecule has 190 valence electrons. The number of rotatable bonds is 3. The van der Waals surface area contributed by atoms with Gasteiger partial charge in [-0.1, -0.05) is 54.6 Å². The van der Waals surface area contributed by atoms with Gasteiger partial charge in [0.1, 0.15) is 5.82 Å². The number of fused-ring (bicyclic) bond motifs is 3. The molecule has 0 bridgehead atoms. The monoisotopic (exact) mass is 494 g/mol. The number of carbonyl (C=O) groups excluding carboxylic acids is 1. The van der Waals surface area contributed by atoms with E-state index in [0.29, 0.717) is 0 Å². The standard InChI is InChI=1S/C33H35FN2O/c1-23-9-4-6-13-27(23)31(37)36-20-15-29-28-14-7-5-10-24(28)21-30(29)33(36)18-16-32(17-19-33,35(2)3)25-11-8-12-26(34)22-25/h4-14,22H,15-21H2,1-3H3.